The van der Waals surface area contributed by atoms with E-state index in [1.165, 1.54) is 33.8 Å². The van der Waals surface area contributed by atoms with E-state index >= 15 is 0 Å². The van der Waals surface area contributed by atoms with E-state index in [0.29, 0.717) is 5.92 Å². The first-order valence-electron chi connectivity index (χ1n) is 8.29. The first-order chi connectivity index (χ1) is 11.2. The van der Waals surface area contributed by atoms with Gasteiger partial charge in [-0.1, -0.05) is 30.0 Å². The lowest BCUT2D eigenvalue weighted by Gasteiger charge is -2.13. The second-order valence-corrected chi connectivity index (χ2v) is 7.30. The molecule has 3 rings (SSSR count). The Morgan fingerprint density at radius 3 is 2.61 bits per heavy atom. The molecular weight excluding hydrogens is 300 g/mol. The molecule has 1 fully saturated rings. The number of aryl methyl sites for hydroxylation is 1. The average molecular weight is 324 g/mol. The molecule has 0 atom stereocenters. The van der Waals surface area contributed by atoms with Crippen LogP contribution in [0.25, 0.3) is 0 Å². The zero-order valence-corrected chi connectivity index (χ0v) is 14.9. The average Bonchev–Trinajstić information content (AvgIpc) is 3.40. The van der Waals surface area contributed by atoms with Crippen molar-refractivity contribution >= 4 is 23.8 Å². The van der Waals surface area contributed by atoms with Gasteiger partial charge in [-0.25, -0.2) is 4.99 Å². The smallest absolute Gasteiger partial charge is 0.0909 e. The third kappa shape index (κ3) is 4.17. The van der Waals surface area contributed by atoms with Gasteiger partial charge in [-0.15, -0.1) is 0 Å². The van der Waals surface area contributed by atoms with Crippen LogP contribution in [0.4, 0.5) is 5.69 Å². The van der Waals surface area contributed by atoms with Gasteiger partial charge in [0.05, 0.1) is 12.0 Å². The van der Waals surface area contributed by atoms with Gasteiger partial charge in [0.2, 0.25) is 0 Å². The molecular formula is C20H24N2S. The topological polar surface area (TPSA) is 15.6 Å². The number of benzene rings is 2. The summed E-state index contributed by atoms with van der Waals surface area (Å²) in [4.78, 5) is 9.49. The van der Waals surface area contributed by atoms with Crippen LogP contribution >= 0.6 is 11.8 Å². The van der Waals surface area contributed by atoms with Crippen molar-refractivity contribution in [3.05, 3.63) is 53.6 Å². The molecule has 1 saturated carbocycles. The molecule has 0 radical (unpaired) electrons. The van der Waals surface area contributed by atoms with Crippen molar-refractivity contribution in [3.63, 3.8) is 0 Å². The highest BCUT2D eigenvalue weighted by Crippen LogP contribution is 2.47. The molecule has 1 aliphatic rings. The van der Waals surface area contributed by atoms with Crippen LogP contribution in [0.2, 0.25) is 0 Å². The van der Waals surface area contributed by atoms with Crippen molar-refractivity contribution in [2.45, 2.75) is 42.4 Å². The summed E-state index contributed by atoms with van der Waals surface area (Å²) >= 11 is 1.85. The summed E-state index contributed by atoms with van der Waals surface area (Å²) in [6.45, 7) is 5.30. The molecule has 0 amide bonds. The molecule has 0 saturated heterocycles. The Kier molecular flexibility index (Phi) is 5.06. The lowest BCUT2D eigenvalue weighted by molar-refractivity contribution is 0.552. The Morgan fingerprint density at radius 2 is 1.96 bits per heavy atom. The number of rotatable bonds is 6. The minimum atomic E-state index is 0.699. The highest BCUT2D eigenvalue weighted by atomic mass is 32.2. The van der Waals surface area contributed by atoms with Gasteiger partial charge in [-0.2, -0.15) is 0 Å². The summed E-state index contributed by atoms with van der Waals surface area (Å²) in [5.41, 5.74) is 3.85. The third-order valence-electron chi connectivity index (χ3n) is 4.21. The van der Waals surface area contributed by atoms with E-state index in [2.05, 4.69) is 68.3 Å². The Labute approximate surface area is 143 Å². The molecule has 0 aromatic heterocycles. The van der Waals surface area contributed by atoms with Crippen LogP contribution < -0.4 is 0 Å². The Hall–Kier alpha value is -1.74. The largest absolute Gasteiger partial charge is 0.366 e. The molecule has 0 aliphatic heterocycles. The predicted octanol–water partition coefficient (Wildman–Crippen LogP) is 5.64. The van der Waals surface area contributed by atoms with Crippen molar-refractivity contribution < 1.29 is 0 Å². The van der Waals surface area contributed by atoms with E-state index in [-0.39, 0.29) is 0 Å². The summed E-state index contributed by atoms with van der Waals surface area (Å²) in [5.74, 6) is 0.699. The second-order valence-electron chi connectivity index (χ2n) is 6.18. The molecule has 3 heteroatoms. The first kappa shape index (κ1) is 16.1. The Morgan fingerprint density at radius 1 is 1.22 bits per heavy atom. The minimum absolute atomic E-state index is 0.699. The van der Waals surface area contributed by atoms with Gasteiger partial charge in [-0.3, -0.25) is 0 Å². The molecule has 23 heavy (non-hydrogen) atoms. The number of hydrogen-bond donors (Lipinski definition) is 0. The van der Waals surface area contributed by atoms with Crippen LogP contribution in [0.15, 0.2) is 57.2 Å². The zero-order chi connectivity index (χ0) is 16.2. The van der Waals surface area contributed by atoms with E-state index in [1.54, 1.807) is 0 Å². The van der Waals surface area contributed by atoms with Crippen molar-refractivity contribution in [1.82, 2.24) is 4.90 Å². The molecule has 0 spiro atoms. The normalized spacial score (nSPS) is 14.4. The van der Waals surface area contributed by atoms with Gasteiger partial charge >= 0.3 is 0 Å². The summed E-state index contributed by atoms with van der Waals surface area (Å²) in [6, 6.07) is 15.2. The standard InChI is InChI=1S/C20H24N2S/c1-4-22(3)14-21-19-12-15(2)20(13-18(19)16-10-11-16)23-17-8-6-5-7-9-17/h5-9,12-14,16H,4,10-11H2,1-3H3. The van der Waals surface area contributed by atoms with Crippen LogP contribution in [0.3, 0.4) is 0 Å². The molecule has 2 nitrogen and oxygen atoms in total. The quantitative estimate of drug-likeness (QED) is 0.505. The second kappa shape index (κ2) is 7.22. The highest BCUT2D eigenvalue weighted by molar-refractivity contribution is 7.99. The van der Waals surface area contributed by atoms with Crippen molar-refractivity contribution in [2.75, 3.05) is 13.6 Å². The van der Waals surface area contributed by atoms with Crippen molar-refractivity contribution in [3.8, 4) is 0 Å². The fourth-order valence-corrected chi connectivity index (χ4v) is 3.44. The van der Waals surface area contributed by atoms with Crippen LogP contribution in [0.1, 0.15) is 36.8 Å². The molecule has 0 unspecified atom stereocenters. The Balaban J connectivity index is 1.90. The molecule has 2 aromatic carbocycles. The van der Waals surface area contributed by atoms with Crippen LogP contribution in [0.5, 0.6) is 0 Å². The monoisotopic (exact) mass is 324 g/mol. The minimum Gasteiger partial charge on any atom is -0.366 e. The first-order valence-corrected chi connectivity index (χ1v) is 9.11. The number of hydrogen-bond acceptors (Lipinski definition) is 2. The maximum Gasteiger partial charge on any atom is 0.0909 e. The van der Waals surface area contributed by atoms with Gasteiger partial charge in [-0.05, 0) is 68.0 Å². The highest BCUT2D eigenvalue weighted by Gasteiger charge is 2.27. The van der Waals surface area contributed by atoms with Crippen LogP contribution in [0, 0.1) is 6.92 Å². The maximum atomic E-state index is 4.74. The number of aliphatic imine (C=N–C) groups is 1. The lowest BCUT2D eigenvalue weighted by Crippen LogP contribution is -2.14. The SMILES string of the molecule is CCN(C)C=Nc1cc(C)c(Sc2ccccc2)cc1C1CC1. The summed E-state index contributed by atoms with van der Waals surface area (Å²) in [6.07, 6.45) is 4.54. The fraction of sp³-hybridized carbons (Fsp3) is 0.350. The van der Waals surface area contributed by atoms with Crippen LogP contribution in [-0.4, -0.2) is 24.8 Å². The molecule has 1 aliphatic carbocycles. The van der Waals surface area contributed by atoms with E-state index in [9.17, 15) is 0 Å². The summed E-state index contributed by atoms with van der Waals surface area (Å²) < 4.78 is 0. The van der Waals surface area contributed by atoms with Crippen molar-refractivity contribution in [2.24, 2.45) is 4.99 Å². The summed E-state index contributed by atoms with van der Waals surface area (Å²) in [7, 11) is 2.06. The maximum absolute atomic E-state index is 4.74. The van der Waals surface area contributed by atoms with E-state index in [4.69, 9.17) is 4.99 Å². The van der Waals surface area contributed by atoms with Crippen LogP contribution in [-0.2, 0) is 0 Å². The van der Waals surface area contributed by atoms with E-state index < -0.39 is 0 Å². The fourth-order valence-electron chi connectivity index (χ4n) is 2.49. The summed E-state index contributed by atoms with van der Waals surface area (Å²) in [5, 5.41) is 0. The zero-order valence-electron chi connectivity index (χ0n) is 14.1. The molecule has 2 aromatic rings. The molecule has 120 valence electrons. The predicted molar refractivity (Wildman–Crippen MR) is 100 cm³/mol. The van der Waals surface area contributed by atoms with Gasteiger partial charge in [0.1, 0.15) is 0 Å². The van der Waals surface area contributed by atoms with E-state index in [1.807, 2.05) is 18.1 Å². The Bertz CT molecular complexity index is 690. The van der Waals surface area contributed by atoms with Crippen molar-refractivity contribution in [1.29, 1.82) is 0 Å². The molecule has 0 bridgehead atoms. The lowest BCUT2D eigenvalue weighted by atomic mass is 10.1. The molecule has 0 heterocycles. The number of nitrogens with zero attached hydrogens (tertiary/aromatic N) is 2. The van der Waals surface area contributed by atoms with Gasteiger partial charge in [0.25, 0.3) is 0 Å². The van der Waals surface area contributed by atoms with E-state index in [0.717, 1.165) is 12.2 Å². The van der Waals surface area contributed by atoms with Gasteiger partial charge < -0.3 is 4.90 Å². The molecule has 0 N–H and O–H groups in total. The third-order valence-corrected chi connectivity index (χ3v) is 5.37. The van der Waals surface area contributed by atoms with Gasteiger partial charge in [0.15, 0.2) is 0 Å². The van der Waals surface area contributed by atoms with Gasteiger partial charge in [0, 0.05) is 23.4 Å².